The molecule has 0 amide bonds. The summed E-state index contributed by atoms with van der Waals surface area (Å²) in [5.41, 5.74) is 0.349. The molecule has 0 saturated heterocycles. The Morgan fingerprint density at radius 3 is 1.91 bits per heavy atom. The fourth-order valence-electron chi connectivity index (χ4n) is 0.752. The summed E-state index contributed by atoms with van der Waals surface area (Å²) in [6.07, 6.45) is 0.244. The van der Waals surface area contributed by atoms with Gasteiger partial charge < -0.3 is 0 Å². The van der Waals surface area contributed by atoms with Crippen molar-refractivity contribution in [3.05, 3.63) is 42.1 Å². The number of benzene rings is 1. The van der Waals surface area contributed by atoms with E-state index in [-0.39, 0.29) is 6.42 Å². The highest BCUT2D eigenvalue weighted by atomic mass is 19.2. The standard InChI is InChI=1S/C8H6F3/c1-2-5-3-6(9)8(11)7(10)4-5/h3-4H,1-2H2. The van der Waals surface area contributed by atoms with E-state index in [1.54, 1.807) is 0 Å². The number of rotatable bonds is 1. The van der Waals surface area contributed by atoms with Gasteiger partial charge in [0.25, 0.3) is 0 Å². The third-order valence-electron chi connectivity index (χ3n) is 1.33. The number of halogens is 3. The van der Waals surface area contributed by atoms with E-state index in [4.69, 9.17) is 0 Å². The molecule has 0 aliphatic heterocycles. The lowest BCUT2D eigenvalue weighted by Gasteiger charge is -1.98. The summed E-state index contributed by atoms with van der Waals surface area (Å²) in [5, 5.41) is 0. The molecule has 0 aromatic heterocycles. The first kappa shape index (κ1) is 8.11. The highest BCUT2D eigenvalue weighted by Crippen LogP contribution is 2.13. The maximum Gasteiger partial charge on any atom is 0.194 e. The van der Waals surface area contributed by atoms with Crippen LogP contribution in [0.3, 0.4) is 0 Å². The third kappa shape index (κ3) is 1.53. The molecule has 1 rings (SSSR count). The van der Waals surface area contributed by atoms with E-state index < -0.39 is 17.5 Å². The van der Waals surface area contributed by atoms with Crippen molar-refractivity contribution in [3.63, 3.8) is 0 Å². The minimum Gasteiger partial charge on any atom is -0.204 e. The van der Waals surface area contributed by atoms with E-state index in [0.29, 0.717) is 5.56 Å². The van der Waals surface area contributed by atoms with Gasteiger partial charge in [-0.3, -0.25) is 0 Å². The smallest absolute Gasteiger partial charge is 0.194 e. The first-order chi connectivity index (χ1) is 5.15. The van der Waals surface area contributed by atoms with Gasteiger partial charge in [-0.1, -0.05) is 0 Å². The maximum atomic E-state index is 12.4. The zero-order valence-corrected chi connectivity index (χ0v) is 5.70. The predicted molar refractivity (Wildman–Crippen MR) is 35.4 cm³/mol. The first-order valence-corrected chi connectivity index (χ1v) is 3.08. The molecule has 0 bridgehead atoms. The van der Waals surface area contributed by atoms with Gasteiger partial charge in [0.05, 0.1) is 0 Å². The van der Waals surface area contributed by atoms with Gasteiger partial charge in [0, 0.05) is 0 Å². The van der Waals surface area contributed by atoms with E-state index in [9.17, 15) is 13.2 Å². The third-order valence-corrected chi connectivity index (χ3v) is 1.33. The lowest BCUT2D eigenvalue weighted by atomic mass is 10.1. The van der Waals surface area contributed by atoms with E-state index in [2.05, 4.69) is 6.92 Å². The molecule has 0 heterocycles. The number of hydrogen-bond acceptors (Lipinski definition) is 0. The Bertz CT molecular complexity index is 245. The summed E-state index contributed by atoms with van der Waals surface area (Å²) in [4.78, 5) is 0. The molecule has 59 valence electrons. The quantitative estimate of drug-likeness (QED) is 0.552. The molecule has 0 fully saturated rings. The molecule has 0 unspecified atom stereocenters. The summed E-state index contributed by atoms with van der Waals surface area (Å²) < 4.78 is 37.0. The minimum absolute atomic E-state index is 0.244. The van der Waals surface area contributed by atoms with Crippen LogP contribution in [0.25, 0.3) is 0 Å². The lowest BCUT2D eigenvalue weighted by Crippen LogP contribution is -1.93. The monoisotopic (exact) mass is 159 g/mol. The topological polar surface area (TPSA) is 0 Å². The van der Waals surface area contributed by atoms with Crippen LogP contribution in [0, 0.1) is 24.4 Å². The molecular formula is C8H6F3. The average Bonchev–Trinajstić information content (AvgIpc) is 1.99. The fourth-order valence-corrected chi connectivity index (χ4v) is 0.752. The van der Waals surface area contributed by atoms with Crippen molar-refractivity contribution in [2.75, 3.05) is 0 Å². The van der Waals surface area contributed by atoms with Gasteiger partial charge in [0.2, 0.25) is 0 Å². The molecule has 0 saturated carbocycles. The summed E-state index contributed by atoms with van der Waals surface area (Å²) in [5.74, 6) is -3.76. The van der Waals surface area contributed by atoms with Gasteiger partial charge in [-0.15, -0.1) is 0 Å². The molecule has 1 aromatic carbocycles. The van der Waals surface area contributed by atoms with Gasteiger partial charge in [0.1, 0.15) is 0 Å². The van der Waals surface area contributed by atoms with Crippen LogP contribution in [0.2, 0.25) is 0 Å². The van der Waals surface area contributed by atoms with Gasteiger partial charge in [-0.05, 0) is 31.0 Å². The zero-order chi connectivity index (χ0) is 8.43. The fraction of sp³-hybridized carbons (Fsp3) is 0.125. The maximum absolute atomic E-state index is 12.4. The molecule has 3 heteroatoms. The minimum atomic E-state index is -1.43. The number of hydrogen-bond donors (Lipinski definition) is 0. The van der Waals surface area contributed by atoms with Crippen LogP contribution in [-0.2, 0) is 6.42 Å². The van der Waals surface area contributed by atoms with Crippen molar-refractivity contribution in [3.8, 4) is 0 Å². The van der Waals surface area contributed by atoms with Crippen molar-refractivity contribution in [2.24, 2.45) is 0 Å². The Kier molecular flexibility index (Phi) is 2.17. The highest BCUT2D eigenvalue weighted by molar-refractivity contribution is 5.19. The summed E-state index contributed by atoms with van der Waals surface area (Å²) in [7, 11) is 0. The van der Waals surface area contributed by atoms with E-state index in [1.807, 2.05) is 0 Å². The van der Waals surface area contributed by atoms with Crippen LogP contribution in [0.15, 0.2) is 12.1 Å². The SMILES string of the molecule is [CH2]Cc1cc(F)c(F)c(F)c1. The van der Waals surface area contributed by atoms with E-state index in [0.717, 1.165) is 12.1 Å². The lowest BCUT2D eigenvalue weighted by molar-refractivity contribution is 0.445. The molecule has 0 spiro atoms. The van der Waals surface area contributed by atoms with Gasteiger partial charge in [0.15, 0.2) is 17.5 Å². The molecule has 0 aliphatic rings. The van der Waals surface area contributed by atoms with Crippen molar-refractivity contribution in [2.45, 2.75) is 6.42 Å². The van der Waals surface area contributed by atoms with Crippen molar-refractivity contribution in [1.82, 2.24) is 0 Å². The molecule has 0 N–H and O–H groups in total. The Morgan fingerprint density at radius 1 is 1.09 bits per heavy atom. The summed E-state index contributed by atoms with van der Waals surface area (Å²) in [6.45, 7) is 3.41. The van der Waals surface area contributed by atoms with Crippen molar-refractivity contribution >= 4 is 0 Å². The highest BCUT2D eigenvalue weighted by Gasteiger charge is 2.08. The van der Waals surface area contributed by atoms with Crippen LogP contribution >= 0.6 is 0 Å². The van der Waals surface area contributed by atoms with Crippen LogP contribution in [0.4, 0.5) is 13.2 Å². The molecule has 0 atom stereocenters. The Labute approximate surface area is 62.7 Å². The Hall–Kier alpha value is -0.990. The average molecular weight is 159 g/mol. The largest absolute Gasteiger partial charge is 0.204 e. The summed E-state index contributed by atoms with van der Waals surface area (Å²) in [6, 6.07) is 1.87. The van der Waals surface area contributed by atoms with Crippen LogP contribution in [-0.4, -0.2) is 0 Å². The van der Waals surface area contributed by atoms with E-state index in [1.165, 1.54) is 0 Å². The Morgan fingerprint density at radius 2 is 1.55 bits per heavy atom. The molecule has 1 radical (unpaired) electrons. The Balaban J connectivity index is 3.21. The normalized spacial score (nSPS) is 10.2. The molecule has 1 aromatic rings. The van der Waals surface area contributed by atoms with Gasteiger partial charge in [-0.25, -0.2) is 13.2 Å². The molecular weight excluding hydrogens is 153 g/mol. The van der Waals surface area contributed by atoms with Gasteiger partial charge in [-0.2, -0.15) is 0 Å². The van der Waals surface area contributed by atoms with E-state index >= 15 is 0 Å². The van der Waals surface area contributed by atoms with Crippen molar-refractivity contribution < 1.29 is 13.2 Å². The second-order valence-electron chi connectivity index (χ2n) is 2.12. The van der Waals surface area contributed by atoms with Gasteiger partial charge >= 0.3 is 0 Å². The van der Waals surface area contributed by atoms with Crippen LogP contribution < -0.4 is 0 Å². The predicted octanol–water partition coefficient (Wildman–Crippen LogP) is 2.48. The van der Waals surface area contributed by atoms with Crippen LogP contribution in [0.5, 0.6) is 0 Å². The summed E-state index contributed by atoms with van der Waals surface area (Å²) >= 11 is 0. The molecule has 11 heavy (non-hydrogen) atoms. The van der Waals surface area contributed by atoms with Crippen molar-refractivity contribution in [1.29, 1.82) is 0 Å². The zero-order valence-electron chi connectivity index (χ0n) is 5.70. The second-order valence-corrected chi connectivity index (χ2v) is 2.12. The van der Waals surface area contributed by atoms with Crippen LogP contribution in [0.1, 0.15) is 5.56 Å². The molecule has 0 aliphatic carbocycles. The first-order valence-electron chi connectivity index (χ1n) is 3.08. The second kappa shape index (κ2) is 2.95. The molecule has 0 nitrogen and oxygen atoms in total.